The maximum absolute atomic E-state index is 11.8. The highest BCUT2D eigenvalue weighted by molar-refractivity contribution is 14.1. The predicted octanol–water partition coefficient (Wildman–Crippen LogP) is 2.27. The van der Waals surface area contributed by atoms with Crippen molar-refractivity contribution in [2.24, 2.45) is 0 Å². The first-order chi connectivity index (χ1) is 8.04. The van der Waals surface area contributed by atoms with E-state index in [1.807, 2.05) is 13.0 Å². The van der Waals surface area contributed by atoms with Gasteiger partial charge in [0.05, 0.1) is 0 Å². The van der Waals surface area contributed by atoms with Gasteiger partial charge in [0.1, 0.15) is 6.04 Å². The van der Waals surface area contributed by atoms with Crippen LogP contribution in [0.1, 0.15) is 30.1 Å². The number of hydrogen-bond donors (Lipinski definition) is 2. The van der Waals surface area contributed by atoms with Gasteiger partial charge in [0, 0.05) is 9.13 Å². The van der Waals surface area contributed by atoms with E-state index in [4.69, 9.17) is 5.11 Å². The van der Waals surface area contributed by atoms with E-state index in [2.05, 4.69) is 27.9 Å². The van der Waals surface area contributed by atoms with Crippen molar-refractivity contribution in [3.05, 3.63) is 33.4 Å². The van der Waals surface area contributed by atoms with Gasteiger partial charge >= 0.3 is 5.97 Å². The molecule has 5 heteroatoms. The first-order valence-corrected chi connectivity index (χ1v) is 6.41. The summed E-state index contributed by atoms with van der Waals surface area (Å²) in [6.45, 7) is 1.88. The topological polar surface area (TPSA) is 66.4 Å². The molecule has 0 aliphatic heterocycles. The Bertz CT molecular complexity index is 420. The lowest BCUT2D eigenvalue weighted by Gasteiger charge is -2.13. The third-order valence-electron chi connectivity index (χ3n) is 2.27. The molecule has 0 aliphatic rings. The maximum atomic E-state index is 11.8. The Hall–Kier alpha value is -1.11. The number of halogens is 1. The van der Waals surface area contributed by atoms with Gasteiger partial charge in [0.15, 0.2) is 0 Å². The zero-order valence-electron chi connectivity index (χ0n) is 9.44. The smallest absolute Gasteiger partial charge is 0.326 e. The predicted molar refractivity (Wildman–Crippen MR) is 73.0 cm³/mol. The monoisotopic (exact) mass is 347 g/mol. The summed E-state index contributed by atoms with van der Waals surface area (Å²) < 4.78 is 0.942. The van der Waals surface area contributed by atoms with Gasteiger partial charge in [-0.1, -0.05) is 19.4 Å². The molecule has 0 saturated heterocycles. The molecule has 2 N–H and O–H groups in total. The Labute approximate surface area is 114 Å². The average Bonchev–Trinajstić information content (AvgIpc) is 2.28. The van der Waals surface area contributed by atoms with Gasteiger partial charge in [-0.15, -0.1) is 0 Å². The fourth-order valence-corrected chi connectivity index (χ4v) is 1.96. The summed E-state index contributed by atoms with van der Waals surface area (Å²) >= 11 is 2.11. The van der Waals surface area contributed by atoms with Crippen LogP contribution in [0.3, 0.4) is 0 Å². The lowest BCUT2D eigenvalue weighted by atomic mass is 10.1. The van der Waals surface area contributed by atoms with Crippen LogP contribution in [-0.2, 0) is 4.79 Å². The van der Waals surface area contributed by atoms with Gasteiger partial charge in [-0.25, -0.2) is 4.79 Å². The van der Waals surface area contributed by atoms with E-state index in [1.54, 1.807) is 18.2 Å². The molecule has 1 rings (SSSR count). The molecule has 0 bridgehead atoms. The molecule has 0 aromatic heterocycles. The van der Waals surface area contributed by atoms with E-state index in [0.29, 0.717) is 18.4 Å². The summed E-state index contributed by atoms with van der Waals surface area (Å²) in [7, 11) is 0. The quantitative estimate of drug-likeness (QED) is 0.803. The Morgan fingerprint density at radius 3 is 2.71 bits per heavy atom. The van der Waals surface area contributed by atoms with E-state index >= 15 is 0 Å². The van der Waals surface area contributed by atoms with Crippen LogP contribution >= 0.6 is 22.6 Å². The van der Waals surface area contributed by atoms with Crippen LogP contribution in [0.4, 0.5) is 0 Å². The van der Waals surface area contributed by atoms with Gasteiger partial charge in [-0.3, -0.25) is 4.79 Å². The largest absolute Gasteiger partial charge is 0.480 e. The number of carbonyl (C=O) groups is 2. The van der Waals surface area contributed by atoms with Crippen molar-refractivity contribution in [3.63, 3.8) is 0 Å². The number of hydrogen-bond acceptors (Lipinski definition) is 2. The van der Waals surface area contributed by atoms with Crippen molar-refractivity contribution in [2.45, 2.75) is 25.8 Å². The zero-order valence-corrected chi connectivity index (χ0v) is 11.6. The van der Waals surface area contributed by atoms with Gasteiger partial charge < -0.3 is 10.4 Å². The minimum atomic E-state index is -0.995. The fourth-order valence-electron chi connectivity index (χ4n) is 1.42. The van der Waals surface area contributed by atoms with Crippen molar-refractivity contribution in [1.29, 1.82) is 0 Å². The SMILES string of the molecule is CCCC(NC(=O)c1cccc(I)c1)C(=O)O. The molecule has 17 heavy (non-hydrogen) atoms. The van der Waals surface area contributed by atoms with Crippen molar-refractivity contribution < 1.29 is 14.7 Å². The van der Waals surface area contributed by atoms with Crippen LogP contribution < -0.4 is 5.32 Å². The van der Waals surface area contributed by atoms with E-state index in [1.165, 1.54) is 0 Å². The van der Waals surface area contributed by atoms with Gasteiger partial charge in [0.25, 0.3) is 5.91 Å². The molecule has 1 atom stereocenters. The molecule has 0 fully saturated rings. The van der Waals surface area contributed by atoms with Crippen LogP contribution in [-0.4, -0.2) is 23.0 Å². The molecule has 0 heterocycles. The number of benzene rings is 1. The molecule has 92 valence electrons. The molecule has 0 aliphatic carbocycles. The maximum Gasteiger partial charge on any atom is 0.326 e. The minimum absolute atomic E-state index is 0.343. The Morgan fingerprint density at radius 1 is 1.47 bits per heavy atom. The summed E-state index contributed by atoms with van der Waals surface area (Å²) in [4.78, 5) is 22.7. The Balaban J connectivity index is 2.73. The molecular weight excluding hydrogens is 333 g/mol. The summed E-state index contributed by atoms with van der Waals surface area (Å²) in [6.07, 6.45) is 1.15. The number of carbonyl (C=O) groups excluding carboxylic acids is 1. The summed E-state index contributed by atoms with van der Waals surface area (Å²) in [5.41, 5.74) is 0.485. The fraction of sp³-hybridized carbons (Fsp3) is 0.333. The number of amides is 1. The molecule has 1 amide bonds. The van der Waals surface area contributed by atoms with Crippen LogP contribution in [0.15, 0.2) is 24.3 Å². The van der Waals surface area contributed by atoms with E-state index in [-0.39, 0.29) is 5.91 Å². The first kappa shape index (κ1) is 14.0. The number of carboxylic acid groups (broad SMARTS) is 1. The van der Waals surface area contributed by atoms with Crippen molar-refractivity contribution in [3.8, 4) is 0 Å². The number of carboxylic acids is 1. The minimum Gasteiger partial charge on any atom is -0.480 e. The van der Waals surface area contributed by atoms with E-state index in [9.17, 15) is 9.59 Å². The molecule has 1 unspecified atom stereocenters. The van der Waals surface area contributed by atoms with Crippen LogP contribution in [0.2, 0.25) is 0 Å². The van der Waals surface area contributed by atoms with Crippen molar-refractivity contribution >= 4 is 34.5 Å². The normalized spacial score (nSPS) is 11.9. The zero-order chi connectivity index (χ0) is 12.8. The highest BCUT2D eigenvalue weighted by Gasteiger charge is 2.19. The number of nitrogens with one attached hydrogen (secondary N) is 1. The second kappa shape index (κ2) is 6.58. The Morgan fingerprint density at radius 2 is 2.18 bits per heavy atom. The standard InChI is InChI=1S/C12H14INO3/c1-2-4-10(12(16)17)14-11(15)8-5-3-6-9(13)7-8/h3,5-7,10H,2,4H2,1H3,(H,14,15)(H,16,17). The summed E-state index contributed by atoms with van der Waals surface area (Å²) in [5, 5.41) is 11.5. The number of rotatable bonds is 5. The molecule has 1 aromatic carbocycles. The van der Waals surface area contributed by atoms with Gasteiger partial charge in [-0.2, -0.15) is 0 Å². The molecule has 0 radical (unpaired) electrons. The summed E-state index contributed by atoms with van der Waals surface area (Å²) in [5.74, 6) is -1.34. The van der Waals surface area contributed by atoms with Gasteiger partial charge in [-0.05, 0) is 47.2 Å². The number of aliphatic carboxylic acids is 1. The van der Waals surface area contributed by atoms with E-state index in [0.717, 1.165) is 3.57 Å². The molecule has 0 spiro atoms. The third kappa shape index (κ3) is 4.33. The second-order valence-corrected chi connectivity index (χ2v) is 4.91. The van der Waals surface area contributed by atoms with Crippen LogP contribution in [0.5, 0.6) is 0 Å². The third-order valence-corrected chi connectivity index (χ3v) is 2.94. The molecule has 0 saturated carbocycles. The van der Waals surface area contributed by atoms with Crippen LogP contribution in [0.25, 0.3) is 0 Å². The van der Waals surface area contributed by atoms with Gasteiger partial charge in [0.2, 0.25) is 0 Å². The lowest BCUT2D eigenvalue weighted by Crippen LogP contribution is -2.40. The molecule has 1 aromatic rings. The lowest BCUT2D eigenvalue weighted by molar-refractivity contribution is -0.139. The highest BCUT2D eigenvalue weighted by Crippen LogP contribution is 2.08. The average molecular weight is 347 g/mol. The van der Waals surface area contributed by atoms with E-state index < -0.39 is 12.0 Å². The molecular formula is C12H14INO3. The first-order valence-electron chi connectivity index (χ1n) is 5.33. The Kier molecular flexibility index (Phi) is 5.40. The highest BCUT2D eigenvalue weighted by atomic mass is 127. The van der Waals surface area contributed by atoms with Crippen molar-refractivity contribution in [1.82, 2.24) is 5.32 Å². The molecule has 4 nitrogen and oxygen atoms in total. The van der Waals surface area contributed by atoms with Crippen LogP contribution in [0, 0.1) is 3.57 Å². The second-order valence-electron chi connectivity index (χ2n) is 3.66. The summed E-state index contributed by atoms with van der Waals surface area (Å²) in [6, 6.07) is 6.22. The van der Waals surface area contributed by atoms with Crippen molar-refractivity contribution in [2.75, 3.05) is 0 Å².